The monoisotopic (exact) mass is 370 g/mol. The van der Waals surface area contributed by atoms with Crippen LogP contribution >= 0.6 is 0 Å². The average molecular weight is 371 g/mol. The standard InChI is InChI=1S/C26H24NO/c1-16(2)18-13-14-22(27(4)15-18)24-17(3)19-9-5-6-10-20(19)25-21-11-7-8-12-23(21)28-26(24)25/h5-16H,1-4H3/q+1/i1D3,16D. The van der Waals surface area contributed by atoms with Crippen molar-refractivity contribution in [2.75, 3.05) is 0 Å². The zero-order valence-electron chi connectivity index (χ0n) is 20.2. The minimum atomic E-state index is -2.42. The molecule has 5 aromatic rings. The van der Waals surface area contributed by atoms with Gasteiger partial charge < -0.3 is 4.42 Å². The van der Waals surface area contributed by atoms with Crippen LogP contribution in [0.5, 0.6) is 0 Å². The van der Waals surface area contributed by atoms with Gasteiger partial charge in [-0.25, -0.2) is 4.57 Å². The molecule has 0 N–H and O–H groups in total. The molecule has 1 atom stereocenters. The summed E-state index contributed by atoms with van der Waals surface area (Å²) in [7, 11) is 1.89. The van der Waals surface area contributed by atoms with Gasteiger partial charge in [-0.3, -0.25) is 0 Å². The summed E-state index contributed by atoms with van der Waals surface area (Å²) >= 11 is 0. The second-order valence-electron chi connectivity index (χ2n) is 7.39. The van der Waals surface area contributed by atoms with Crippen LogP contribution in [-0.2, 0) is 7.05 Å². The van der Waals surface area contributed by atoms with Crippen molar-refractivity contribution >= 4 is 32.7 Å². The summed E-state index contributed by atoms with van der Waals surface area (Å²) in [6.07, 6.45) is 1.75. The van der Waals surface area contributed by atoms with Crippen molar-refractivity contribution in [2.24, 2.45) is 7.05 Å². The normalized spacial score (nSPS) is 16.5. The molecule has 138 valence electrons. The van der Waals surface area contributed by atoms with E-state index in [-0.39, 0.29) is 0 Å². The lowest BCUT2D eigenvalue weighted by atomic mass is 9.93. The largest absolute Gasteiger partial charge is 0.455 e. The lowest BCUT2D eigenvalue weighted by Crippen LogP contribution is -2.31. The fourth-order valence-corrected chi connectivity index (χ4v) is 4.22. The van der Waals surface area contributed by atoms with E-state index in [2.05, 4.69) is 25.1 Å². The number of aromatic nitrogens is 1. The van der Waals surface area contributed by atoms with Crippen LogP contribution in [0.3, 0.4) is 0 Å². The molecule has 5 rings (SSSR count). The van der Waals surface area contributed by atoms with E-state index < -0.39 is 12.7 Å². The van der Waals surface area contributed by atoms with Crippen molar-refractivity contribution in [1.29, 1.82) is 0 Å². The summed E-state index contributed by atoms with van der Waals surface area (Å²) in [5, 5.41) is 4.45. The van der Waals surface area contributed by atoms with Gasteiger partial charge in [0.15, 0.2) is 6.20 Å². The predicted octanol–water partition coefficient (Wildman–Crippen LogP) is 6.66. The molecule has 0 amide bonds. The number of rotatable bonds is 2. The van der Waals surface area contributed by atoms with Gasteiger partial charge in [-0.1, -0.05) is 56.2 Å². The van der Waals surface area contributed by atoms with Crippen LogP contribution in [-0.4, -0.2) is 0 Å². The number of furan rings is 1. The highest BCUT2D eigenvalue weighted by molar-refractivity contribution is 6.23. The van der Waals surface area contributed by atoms with Gasteiger partial charge in [-0.2, -0.15) is 0 Å². The molecule has 2 aromatic heterocycles. The number of fused-ring (bicyclic) bond motifs is 5. The highest BCUT2D eigenvalue weighted by Gasteiger charge is 2.24. The second kappa shape index (κ2) is 6.20. The number of pyridine rings is 1. The van der Waals surface area contributed by atoms with Crippen molar-refractivity contribution < 1.29 is 14.5 Å². The zero-order valence-corrected chi connectivity index (χ0v) is 16.2. The Morgan fingerprint density at radius 3 is 2.43 bits per heavy atom. The molecule has 0 aliphatic carbocycles. The van der Waals surface area contributed by atoms with Crippen molar-refractivity contribution in [1.82, 2.24) is 0 Å². The number of hydrogen-bond donors (Lipinski definition) is 0. The third-order valence-electron chi connectivity index (χ3n) is 5.62. The minimum absolute atomic E-state index is 0.447. The van der Waals surface area contributed by atoms with Gasteiger partial charge in [0.25, 0.3) is 0 Å². The van der Waals surface area contributed by atoms with Crippen molar-refractivity contribution in [3.8, 4) is 11.3 Å². The van der Waals surface area contributed by atoms with Crippen molar-refractivity contribution in [2.45, 2.75) is 26.6 Å². The van der Waals surface area contributed by atoms with E-state index in [9.17, 15) is 0 Å². The Labute approximate surface area is 170 Å². The van der Waals surface area contributed by atoms with E-state index in [0.29, 0.717) is 5.56 Å². The van der Waals surface area contributed by atoms with Crippen LogP contribution in [0.4, 0.5) is 0 Å². The summed E-state index contributed by atoms with van der Waals surface area (Å²) < 4.78 is 40.1. The molecule has 3 aromatic carbocycles. The van der Waals surface area contributed by atoms with Gasteiger partial charge in [0.05, 0.1) is 5.56 Å². The molecule has 0 aliphatic heterocycles. The summed E-state index contributed by atoms with van der Waals surface area (Å²) in [5.41, 5.74) is 5.07. The van der Waals surface area contributed by atoms with E-state index in [0.717, 1.165) is 49.5 Å². The Balaban J connectivity index is 1.86. The molecule has 0 bridgehead atoms. The molecule has 0 spiro atoms. The summed E-state index contributed by atoms with van der Waals surface area (Å²) in [4.78, 5) is 0. The van der Waals surface area contributed by atoms with E-state index in [1.54, 1.807) is 12.3 Å². The Morgan fingerprint density at radius 1 is 0.964 bits per heavy atom. The zero-order chi connectivity index (χ0) is 22.8. The third-order valence-corrected chi connectivity index (χ3v) is 5.62. The van der Waals surface area contributed by atoms with Gasteiger partial charge in [-0.05, 0) is 41.3 Å². The molecule has 0 saturated heterocycles. The molecule has 0 radical (unpaired) electrons. The van der Waals surface area contributed by atoms with Crippen LogP contribution in [0.1, 0.15) is 36.3 Å². The lowest BCUT2D eigenvalue weighted by molar-refractivity contribution is -0.660. The molecule has 1 unspecified atom stereocenters. The van der Waals surface area contributed by atoms with Crippen LogP contribution in [0, 0.1) is 6.92 Å². The van der Waals surface area contributed by atoms with Gasteiger partial charge in [0.1, 0.15) is 18.2 Å². The summed E-state index contributed by atoms with van der Waals surface area (Å²) in [6.45, 7) is 1.11. The van der Waals surface area contributed by atoms with E-state index >= 15 is 0 Å². The van der Waals surface area contributed by atoms with Crippen LogP contribution in [0.15, 0.2) is 71.3 Å². The Kier molecular flexibility index (Phi) is 2.90. The van der Waals surface area contributed by atoms with Gasteiger partial charge in [0.2, 0.25) is 5.69 Å². The predicted molar refractivity (Wildman–Crippen MR) is 117 cm³/mol. The number of benzene rings is 3. The van der Waals surface area contributed by atoms with E-state index in [1.807, 2.05) is 48.0 Å². The smallest absolute Gasteiger partial charge is 0.216 e. The fraction of sp³-hybridized carbons (Fsp3) is 0.192. The molecular formula is C26H24NO+. The molecule has 28 heavy (non-hydrogen) atoms. The molecule has 0 saturated carbocycles. The first-order valence-electron chi connectivity index (χ1n) is 11.4. The third kappa shape index (κ3) is 2.37. The number of aryl methyl sites for hydroxylation is 2. The van der Waals surface area contributed by atoms with E-state index in [4.69, 9.17) is 9.90 Å². The lowest BCUT2D eigenvalue weighted by Gasteiger charge is -2.11. The van der Waals surface area contributed by atoms with Crippen LogP contribution in [0.2, 0.25) is 0 Å². The highest BCUT2D eigenvalue weighted by atomic mass is 16.3. The van der Waals surface area contributed by atoms with Gasteiger partial charge in [0, 0.05) is 27.9 Å². The van der Waals surface area contributed by atoms with Crippen LogP contribution in [0.25, 0.3) is 44.0 Å². The molecule has 2 heteroatoms. The van der Waals surface area contributed by atoms with Crippen molar-refractivity contribution in [3.63, 3.8) is 0 Å². The van der Waals surface area contributed by atoms with Crippen LogP contribution < -0.4 is 4.57 Å². The first-order chi connectivity index (χ1) is 15.1. The second-order valence-corrected chi connectivity index (χ2v) is 7.39. The van der Waals surface area contributed by atoms with Crippen molar-refractivity contribution in [3.05, 3.63) is 78.0 Å². The molecule has 0 aliphatic rings. The minimum Gasteiger partial charge on any atom is -0.455 e. The van der Waals surface area contributed by atoms with Gasteiger partial charge in [-0.15, -0.1) is 0 Å². The number of para-hydroxylation sites is 1. The topological polar surface area (TPSA) is 17.0 Å². The highest BCUT2D eigenvalue weighted by Crippen LogP contribution is 2.42. The quantitative estimate of drug-likeness (QED) is 0.317. The molecule has 2 heterocycles. The first kappa shape index (κ1) is 13.1. The molecule has 0 fully saturated rings. The summed E-state index contributed by atoms with van der Waals surface area (Å²) in [5.74, 6) is -1.70. The number of hydrogen-bond acceptors (Lipinski definition) is 1. The Bertz CT molecular complexity index is 1510. The molecule has 2 nitrogen and oxygen atoms in total. The maximum absolute atomic E-state index is 8.45. The fourth-order valence-electron chi connectivity index (χ4n) is 4.22. The maximum Gasteiger partial charge on any atom is 0.216 e. The Morgan fingerprint density at radius 2 is 1.68 bits per heavy atom. The van der Waals surface area contributed by atoms with E-state index in [1.165, 1.54) is 6.92 Å². The number of nitrogens with zero attached hydrogens (tertiary/aromatic N) is 1. The maximum atomic E-state index is 8.45. The Hall–Kier alpha value is -3.13. The average Bonchev–Trinajstić information content (AvgIpc) is 3.13. The van der Waals surface area contributed by atoms with Gasteiger partial charge >= 0.3 is 0 Å². The summed E-state index contributed by atoms with van der Waals surface area (Å²) in [6, 6.07) is 20.0. The SMILES string of the molecule is [2H]C([2H])([2H])C([2H])(C)c1ccc(-c2c(C)c3ccccc3c3c2oc2ccccc23)[n+](C)c1. The first-order valence-corrected chi connectivity index (χ1v) is 9.44. The molecular weight excluding hydrogens is 342 g/mol.